The first-order valence-electron chi connectivity index (χ1n) is 6.55. The van der Waals surface area contributed by atoms with E-state index in [1.54, 1.807) is 12.0 Å². The van der Waals surface area contributed by atoms with Gasteiger partial charge < -0.3 is 9.64 Å². The lowest BCUT2D eigenvalue weighted by Crippen LogP contribution is -2.40. The zero-order valence-electron chi connectivity index (χ0n) is 11.4. The summed E-state index contributed by atoms with van der Waals surface area (Å²) in [5, 5.41) is 0. The van der Waals surface area contributed by atoms with Crippen molar-refractivity contribution in [2.24, 2.45) is 0 Å². The predicted molar refractivity (Wildman–Crippen MR) is 72.2 cm³/mol. The Hall–Kier alpha value is -1.84. The summed E-state index contributed by atoms with van der Waals surface area (Å²) in [5.74, 6) is 0.565. The Labute approximate surface area is 113 Å². The number of methoxy groups -OCH3 is 1. The summed E-state index contributed by atoms with van der Waals surface area (Å²) in [7, 11) is 1.66. The van der Waals surface area contributed by atoms with Crippen molar-refractivity contribution in [2.75, 3.05) is 20.2 Å². The molecule has 1 aromatic rings. The topological polar surface area (TPSA) is 46.6 Å². The molecule has 102 valence electrons. The molecule has 0 aliphatic carbocycles. The van der Waals surface area contributed by atoms with Crippen LogP contribution in [0, 0.1) is 0 Å². The van der Waals surface area contributed by atoms with Crippen LogP contribution >= 0.6 is 0 Å². The van der Waals surface area contributed by atoms with Crippen molar-refractivity contribution in [2.45, 2.75) is 25.7 Å². The highest BCUT2D eigenvalue weighted by molar-refractivity contribution is 6.35. The third-order valence-electron chi connectivity index (χ3n) is 3.65. The summed E-state index contributed by atoms with van der Waals surface area (Å²) >= 11 is 0. The maximum atomic E-state index is 11.6. The van der Waals surface area contributed by atoms with Crippen molar-refractivity contribution in [1.29, 1.82) is 0 Å². The van der Waals surface area contributed by atoms with Gasteiger partial charge in [-0.25, -0.2) is 0 Å². The molecule has 19 heavy (non-hydrogen) atoms. The third kappa shape index (κ3) is 3.13. The molecule has 0 radical (unpaired) electrons. The van der Waals surface area contributed by atoms with Crippen molar-refractivity contribution in [1.82, 2.24) is 4.90 Å². The second-order valence-corrected chi connectivity index (χ2v) is 4.90. The van der Waals surface area contributed by atoms with Gasteiger partial charge in [0.2, 0.25) is 5.78 Å². The fourth-order valence-electron chi connectivity index (χ4n) is 2.53. The zero-order valence-corrected chi connectivity index (χ0v) is 11.4. The average Bonchev–Trinajstić information content (AvgIpc) is 2.46. The van der Waals surface area contributed by atoms with Crippen molar-refractivity contribution in [3.05, 3.63) is 29.8 Å². The Balaban J connectivity index is 1.99. The van der Waals surface area contributed by atoms with E-state index in [1.165, 1.54) is 12.5 Å². The Morgan fingerprint density at radius 1 is 1.26 bits per heavy atom. The summed E-state index contributed by atoms with van der Waals surface area (Å²) in [4.78, 5) is 24.3. The van der Waals surface area contributed by atoms with Crippen LogP contribution < -0.4 is 4.74 Å². The van der Waals surface area contributed by atoms with Gasteiger partial charge in [0.15, 0.2) is 0 Å². The molecule has 0 spiro atoms. The standard InChI is InChI=1S/C15H19NO3/c1-11(17)15(18)16-8-6-12(7-9-16)13-4-3-5-14(10-13)19-2/h3-5,10,12H,6-9H2,1-2H3. The number of carbonyl (C=O) groups excluding carboxylic acids is 2. The summed E-state index contributed by atoms with van der Waals surface area (Å²) in [6.07, 6.45) is 1.79. The number of amides is 1. The lowest BCUT2D eigenvalue weighted by molar-refractivity contribution is -0.144. The highest BCUT2D eigenvalue weighted by atomic mass is 16.5. The zero-order chi connectivity index (χ0) is 13.8. The number of nitrogens with zero attached hydrogens (tertiary/aromatic N) is 1. The van der Waals surface area contributed by atoms with Crippen molar-refractivity contribution in [3.8, 4) is 5.75 Å². The summed E-state index contributed by atoms with van der Waals surface area (Å²) in [6, 6.07) is 8.06. The Morgan fingerprint density at radius 2 is 1.95 bits per heavy atom. The molecule has 4 nitrogen and oxygen atoms in total. The van der Waals surface area contributed by atoms with Crippen LogP contribution in [0.1, 0.15) is 31.2 Å². The lowest BCUT2D eigenvalue weighted by Gasteiger charge is -2.31. The van der Waals surface area contributed by atoms with Crippen molar-refractivity contribution < 1.29 is 14.3 Å². The Morgan fingerprint density at radius 3 is 2.53 bits per heavy atom. The van der Waals surface area contributed by atoms with Crippen LogP contribution in [0.5, 0.6) is 5.75 Å². The molecule has 1 aliphatic heterocycles. The number of Topliss-reactive ketones (excluding diaryl/α,β-unsaturated/α-hetero) is 1. The first-order chi connectivity index (χ1) is 9.11. The Bertz CT molecular complexity index is 476. The number of ether oxygens (including phenoxy) is 1. The minimum atomic E-state index is -0.375. The molecule has 0 bridgehead atoms. The van der Waals surface area contributed by atoms with Gasteiger partial charge in [-0.2, -0.15) is 0 Å². The second-order valence-electron chi connectivity index (χ2n) is 4.90. The molecule has 1 saturated heterocycles. The summed E-state index contributed by atoms with van der Waals surface area (Å²) in [6.45, 7) is 2.64. The van der Waals surface area contributed by atoms with E-state index in [-0.39, 0.29) is 11.7 Å². The first kappa shape index (κ1) is 13.6. The van der Waals surface area contributed by atoms with E-state index in [0.29, 0.717) is 19.0 Å². The van der Waals surface area contributed by atoms with Crippen LogP contribution in [0.4, 0.5) is 0 Å². The third-order valence-corrected chi connectivity index (χ3v) is 3.65. The highest BCUT2D eigenvalue weighted by Crippen LogP contribution is 2.30. The number of rotatable bonds is 3. The van der Waals surface area contributed by atoms with E-state index in [9.17, 15) is 9.59 Å². The molecule has 1 heterocycles. The number of hydrogen-bond donors (Lipinski definition) is 0. The number of likely N-dealkylation sites (tertiary alicyclic amines) is 1. The summed E-state index contributed by atoms with van der Waals surface area (Å²) in [5.41, 5.74) is 1.24. The largest absolute Gasteiger partial charge is 0.497 e. The number of ketones is 1. The minimum Gasteiger partial charge on any atom is -0.497 e. The smallest absolute Gasteiger partial charge is 0.289 e. The molecule has 0 atom stereocenters. The molecule has 0 saturated carbocycles. The van der Waals surface area contributed by atoms with Gasteiger partial charge >= 0.3 is 0 Å². The molecular formula is C15H19NO3. The number of hydrogen-bond acceptors (Lipinski definition) is 3. The molecule has 1 amide bonds. The van der Waals surface area contributed by atoms with Crippen LogP contribution in [0.25, 0.3) is 0 Å². The molecule has 1 aliphatic rings. The van der Waals surface area contributed by atoms with E-state index in [4.69, 9.17) is 4.74 Å². The second kappa shape index (κ2) is 5.87. The van der Waals surface area contributed by atoms with Crippen LogP contribution in [0.15, 0.2) is 24.3 Å². The average molecular weight is 261 g/mol. The summed E-state index contributed by atoms with van der Waals surface area (Å²) < 4.78 is 5.23. The normalized spacial score (nSPS) is 16.2. The van der Waals surface area contributed by atoms with Gasteiger partial charge in [0.05, 0.1) is 7.11 Å². The molecule has 1 fully saturated rings. The first-order valence-corrected chi connectivity index (χ1v) is 6.55. The van der Waals surface area contributed by atoms with E-state index in [2.05, 4.69) is 6.07 Å². The van der Waals surface area contributed by atoms with Gasteiger partial charge in [0.25, 0.3) is 5.91 Å². The van der Waals surface area contributed by atoms with Gasteiger partial charge in [0, 0.05) is 20.0 Å². The van der Waals surface area contributed by atoms with E-state index < -0.39 is 0 Å². The van der Waals surface area contributed by atoms with Crippen LogP contribution in [0.2, 0.25) is 0 Å². The minimum absolute atomic E-state index is 0.357. The van der Waals surface area contributed by atoms with Crippen LogP contribution in [0.3, 0.4) is 0 Å². The van der Waals surface area contributed by atoms with E-state index in [0.717, 1.165) is 18.6 Å². The molecule has 2 rings (SSSR count). The maximum Gasteiger partial charge on any atom is 0.289 e. The predicted octanol–water partition coefficient (Wildman–Crippen LogP) is 1.99. The van der Waals surface area contributed by atoms with Gasteiger partial charge in [-0.15, -0.1) is 0 Å². The fraction of sp³-hybridized carbons (Fsp3) is 0.467. The molecule has 0 N–H and O–H groups in total. The monoisotopic (exact) mass is 261 g/mol. The number of benzene rings is 1. The van der Waals surface area contributed by atoms with Crippen molar-refractivity contribution in [3.63, 3.8) is 0 Å². The maximum absolute atomic E-state index is 11.6. The SMILES string of the molecule is COc1cccc(C2CCN(C(=O)C(C)=O)CC2)c1. The van der Waals surface area contributed by atoms with Gasteiger partial charge in [-0.05, 0) is 36.5 Å². The number of piperidine rings is 1. The molecule has 0 unspecified atom stereocenters. The van der Waals surface area contributed by atoms with Crippen LogP contribution in [-0.4, -0.2) is 36.8 Å². The van der Waals surface area contributed by atoms with E-state index in [1.807, 2.05) is 18.2 Å². The molecular weight excluding hydrogens is 242 g/mol. The molecule has 1 aromatic carbocycles. The Kier molecular flexibility index (Phi) is 4.20. The fourth-order valence-corrected chi connectivity index (χ4v) is 2.53. The quantitative estimate of drug-likeness (QED) is 0.782. The van der Waals surface area contributed by atoms with Gasteiger partial charge in [-0.3, -0.25) is 9.59 Å². The van der Waals surface area contributed by atoms with Gasteiger partial charge in [0.1, 0.15) is 5.75 Å². The lowest BCUT2D eigenvalue weighted by atomic mass is 9.89. The van der Waals surface area contributed by atoms with E-state index >= 15 is 0 Å². The highest BCUT2D eigenvalue weighted by Gasteiger charge is 2.25. The number of carbonyl (C=O) groups is 2. The van der Waals surface area contributed by atoms with Crippen LogP contribution in [-0.2, 0) is 9.59 Å². The van der Waals surface area contributed by atoms with Gasteiger partial charge in [-0.1, -0.05) is 12.1 Å². The van der Waals surface area contributed by atoms with Crippen molar-refractivity contribution >= 4 is 11.7 Å². The molecule has 0 aromatic heterocycles. The molecule has 4 heteroatoms.